The molecule has 0 aliphatic heterocycles. The summed E-state index contributed by atoms with van der Waals surface area (Å²) in [5.74, 6) is -1.42. The van der Waals surface area contributed by atoms with Crippen molar-refractivity contribution in [1.29, 1.82) is 5.26 Å². The molecule has 5 nitrogen and oxygen atoms in total. The van der Waals surface area contributed by atoms with Gasteiger partial charge in [0.15, 0.2) is 5.41 Å². The predicted molar refractivity (Wildman–Crippen MR) is 74.5 cm³/mol. The summed E-state index contributed by atoms with van der Waals surface area (Å²) in [5, 5.41) is 8.88. The number of rotatable bonds is 8. The molecular formula is C15H21NO4. The third-order valence-corrected chi connectivity index (χ3v) is 2.61. The van der Waals surface area contributed by atoms with Crippen LogP contribution in [0.4, 0.5) is 0 Å². The zero-order valence-corrected chi connectivity index (χ0v) is 12.3. The van der Waals surface area contributed by atoms with Crippen LogP contribution < -0.4 is 0 Å². The fourth-order valence-corrected chi connectivity index (χ4v) is 1.89. The highest BCUT2D eigenvalue weighted by Crippen LogP contribution is 2.36. The van der Waals surface area contributed by atoms with Gasteiger partial charge in [0, 0.05) is 12.0 Å². The van der Waals surface area contributed by atoms with E-state index in [0.717, 1.165) is 0 Å². The van der Waals surface area contributed by atoms with Gasteiger partial charge in [-0.05, 0) is 27.2 Å². The van der Waals surface area contributed by atoms with Gasteiger partial charge in [0.2, 0.25) is 0 Å². The molecule has 0 rings (SSSR count). The van der Waals surface area contributed by atoms with Crippen molar-refractivity contribution in [3.05, 3.63) is 24.3 Å². The van der Waals surface area contributed by atoms with Crippen LogP contribution in [0.1, 0.15) is 33.6 Å². The molecule has 0 aliphatic carbocycles. The van der Waals surface area contributed by atoms with Crippen LogP contribution in [-0.4, -0.2) is 25.2 Å². The molecule has 0 bridgehead atoms. The SMILES string of the molecule is C=C(C)CC(CC(=C)C#N)(C(=O)OCC)C(=O)OCC. The summed E-state index contributed by atoms with van der Waals surface area (Å²) >= 11 is 0. The minimum atomic E-state index is -1.58. The lowest BCUT2D eigenvalue weighted by Gasteiger charge is -2.29. The van der Waals surface area contributed by atoms with Gasteiger partial charge in [-0.2, -0.15) is 5.26 Å². The van der Waals surface area contributed by atoms with Crippen LogP contribution in [-0.2, 0) is 19.1 Å². The molecule has 110 valence electrons. The molecule has 0 aromatic carbocycles. The molecule has 0 aromatic heterocycles. The summed E-state index contributed by atoms with van der Waals surface area (Å²) in [6, 6.07) is 1.85. The Morgan fingerprint density at radius 3 is 1.85 bits per heavy atom. The van der Waals surface area contributed by atoms with Gasteiger partial charge in [0.05, 0.1) is 19.3 Å². The first-order valence-electron chi connectivity index (χ1n) is 6.40. The molecule has 0 aromatic rings. The van der Waals surface area contributed by atoms with Crippen molar-refractivity contribution in [1.82, 2.24) is 0 Å². The van der Waals surface area contributed by atoms with E-state index in [2.05, 4.69) is 13.2 Å². The molecule has 20 heavy (non-hydrogen) atoms. The zero-order chi connectivity index (χ0) is 15.8. The molecule has 0 atom stereocenters. The van der Waals surface area contributed by atoms with E-state index in [4.69, 9.17) is 14.7 Å². The van der Waals surface area contributed by atoms with E-state index in [1.54, 1.807) is 20.8 Å². The summed E-state index contributed by atoms with van der Waals surface area (Å²) < 4.78 is 9.98. The number of nitrogens with zero attached hydrogens (tertiary/aromatic N) is 1. The topological polar surface area (TPSA) is 76.4 Å². The van der Waals surface area contributed by atoms with Gasteiger partial charge < -0.3 is 9.47 Å². The minimum absolute atomic E-state index is 0.0609. The monoisotopic (exact) mass is 279 g/mol. The lowest BCUT2D eigenvalue weighted by molar-refractivity contribution is -0.172. The molecule has 0 N–H and O–H groups in total. The van der Waals surface area contributed by atoms with E-state index in [0.29, 0.717) is 5.57 Å². The smallest absolute Gasteiger partial charge is 0.324 e. The average Bonchev–Trinajstić information content (AvgIpc) is 2.37. The lowest BCUT2D eigenvalue weighted by Crippen LogP contribution is -2.42. The largest absolute Gasteiger partial charge is 0.465 e. The van der Waals surface area contributed by atoms with Gasteiger partial charge in [-0.1, -0.05) is 12.2 Å². The maximum Gasteiger partial charge on any atom is 0.324 e. The quantitative estimate of drug-likeness (QED) is 0.295. The molecule has 0 aliphatic rings. The van der Waals surface area contributed by atoms with E-state index in [1.165, 1.54) is 0 Å². The summed E-state index contributed by atoms with van der Waals surface area (Å²) in [5.41, 5.74) is -0.839. The van der Waals surface area contributed by atoms with Crippen molar-refractivity contribution in [2.45, 2.75) is 33.6 Å². The molecule has 0 spiro atoms. The number of carbonyl (C=O) groups excluding carboxylic acids is 2. The second kappa shape index (κ2) is 8.16. The summed E-state index contributed by atoms with van der Waals surface area (Å²) in [7, 11) is 0. The number of allylic oxidation sites excluding steroid dienone is 2. The second-order valence-electron chi connectivity index (χ2n) is 4.55. The third-order valence-electron chi connectivity index (χ3n) is 2.61. The van der Waals surface area contributed by atoms with Crippen LogP contribution in [0.25, 0.3) is 0 Å². The summed E-state index contributed by atoms with van der Waals surface area (Å²) in [6.45, 7) is 12.5. The van der Waals surface area contributed by atoms with Crippen molar-refractivity contribution in [3.63, 3.8) is 0 Å². The number of esters is 2. The Balaban J connectivity index is 5.68. The maximum absolute atomic E-state index is 12.3. The number of nitriles is 1. The van der Waals surface area contributed by atoms with Crippen LogP contribution in [0.5, 0.6) is 0 Å². The highest BCUT2D eigenvalue weighted by Gasteiger charge is 2.49. The summed E-state index contributed by atoms with van der Waals surface area (Å²) in [6.07, 6.45) is -0.0700. The van der Waals surface area contributed by atoms with Crippen molar-refractivity contribution < 1.29 is 19.1 Å². The van der Waals surface area contributed by atoms with Crippen LogP contribution >= 0.6 is 0 Å². The predicted octanol–water partition coefficient (Wildman–Crippen LogP) is 2.54. The Morgan fingerprint density at radius 1 is 1.10 bits per heavy atom. The summed E-state index contributed by atoms with van der Waals surface area (Å²) in [4.78, 5) is 24.5. The minimum Gasteiger partial charge on any atom is -0.465 e. The van der Waals surface area contributed by atoms with E-state index in [9.17, 15) is 9.59 Å². The van der Waals surface area contributed by atoms with Gasteiger partial charge in [0.25, 0.3) is 0 Å². The van der Waals surface area contributed by atoms with Crippen LogP contribution in [0.2, 0.25) is 0 Å². The molecule has 0 unspecified atom stereocenters. The van der Waals surface area contributed by atoms with Crippen LogP contribution in [0.3, 0.4) is 0 Å². The number of carbonyl (C=O) groups is 2. The fraction of sp³-hybridized carbons (Fsp3) is 0.533. The highest BCUT2D eigenvalue weighted by atomic mass is 16.6. The molecule has 0 saturated carbocycles. The van der Waals surface area contributed by atoms with Crippen molar-refractivity contribution in [3.8, 4) is 6.07 Å². The first-order valence-corrected chi connectivity index (χ1v) is 6.40. The Kier molecular flexibility index (Phi) is 7.30. The lowest BCUT2D eigenvalue weighted by atomic mass is 9.77. The first-order chi connectivity index (χ1) is 9.33. The van der Waals surface area contributed by atoms with Crippen LogP contribution in [0, 0.1) is 16.7 Å². The fourth-order valence-electron chi connectivity index (χ4n) is 1.89. The van der Waals surface area contributed by atoms with Crippen molar-refractivity contribution in [2.75, 3.05) is 13.2 Å². The van der Waals surface area contributed by atoms with E-state index < -0.39 is 17.4 Å². The van der Waals surface area contributed by atoms with Gasteiger partial charge in [0.1, 0.15) is 0 Å². The third kappa shape index (κ3) is 4.54. The Bertz CT molecular complexity index is 427. The van der Waals surface area contributed by atoms with Crippen molar-refractivity contribution >= 4 is 11.9 Å². The Morgan fingerprint density at radius 2 is 1.55 bits per heavy atom. The molecule has 0 radical (unpaired) electrons. The first kappa shape index (κ1) is 17.9. The van der Waals surface area contributed by atoms with Crippen molar-refractivity contribution in [2.24, 2.45) is 5.41 Å². The number of ether oxygens (including phenoxy) is 2. The van der Waals surface area contributed by atoms with E-state index in [-0.39, 0.29) is 31.6 Å². The Hall–Kier alpha value is -2.09. The van der Waals surface area contributed by atoms with Gasteiger partial charge in [-0.25, -0.2) is 0 Å². The zero-order valence-electron chi connectivity index (χ0n) is 12.3. The molecule has 0 saturated heterocycles. The van der Waals surface area contributed by atoms with Gasteiger partial charge >= 0.3 is 11.9 Å². The van der Waals surface area contributed by atoms with Crippen LogP contribution in [0.15, 0.2) is 24.3 Å². The molecular weight excluding hydrogens is 258 g/mol. The second-order valence-corrected chi connectivity index (χ2v) is 4.55. The average molecular weight is 279 g/mol. The number of hydrogen-bond acceptors (Lipinski definition) is 5. The highest BCUT2D eigenvalue weighted by molar-refractivity contribution is 6.00. The molecule has 0 amide bonds. The van der Waals surface area contributed by atoms with Gasteiger partial charge in [-0.3, -0.25) is 9.59 Å². The number of hydrogen-bond donors (Lipinski definition) is 0. The van der Waals surface area contributed by atoms with E-state index >= 15 is 0 Å². The molecule has 0 heterocycles. The molecule has 0 fully saturated rings. The van der Waals surface area contributed by atoms with E-state index in [1.807, 2.05) is 6.07 Å². The molecule has 5 heteroatoms. The Labute approximate surface area is 119 Å². The van der Waals surface area contributed by atoms with Gasteiger partial charge in [-0.15, -0.1) is 6.58 Å². The standard InChI is InChI=1S/C15H21NO4/c1-6-19-13(17)15(8-11(3)4,9-12(5)10-16)14(18)20-7-2/h3,5-9H2,1-2,4H3. The maximum atomic E-state index is 12.3. The normalized spacial score (nSPS) is 10.3.